The first-order chi connectivity index (χ1) is 12.7. The number of benzene rings is 1. The molecule has 1 atom stereocenters. The Morgan fingerprint density at radius 2 is 2.19 bits per heavy atom. The molecule has 1 aromatic heterocycles. The molecule has 1 fully saturated rings. The molecular weight excluding hydrogens is 338 g/mol. The zero-order valence-electron chi connectivity index (χ0n) is 14.2. The second-order valence-corrected chi connectivity index (χ2v) is 5.57. The van der Waals surface area contributed by atoms with Gasteiger partial charge < -0.3 is 14.8 Å². The lowest BCUT2D eigenvalue weighted by Crippen LogP contribution is -2.30. The lowest BCUT2D eigenvalue weighted by atomic mass is 10.1. The van der Waals surface area contributed by atoms with Crippen LogP contribution >= 0.6 is 0 Å². The molecule has 0 radical (unpaired) electrons. The highest BCUT2D eigenvalue weighted by molar-refractivity contribution is 5.98. The number of carbonyl (C=O) groups excluding carboxylic acids is 2. The predicted octanol–water partition coefficient (Wildman–Crippen LogP) is 1.36. The molecule has 0 saturated carbocycles. The van der Waals surface area contributed by atoms with E-state index in [0.717, 1.165) is 6.42 Å². The zero-order chi connectivity index (χ0) is 18.4. The number of hydrogen-bond acceptors (Lipinski definition) is 7. The topological polar surface area (TPSA) is 114 Å². The maximum absolute atomic E-state index is 12.3. The van der Waals surface area contributed by atoms with Gasteiger partial charge in [0.2, 0.25) is 11.8 Å². The summed E-state index contributed by atoms with van der Waals surface area (Å²) in [5.74, 6) is -0.0382. The van der Waals surface area contributed by atoms with E-state index in [1.165, 1.54) is 13.3 Å². The monoisotopic (exact) mass is 357 g/mol. The van der Waals surface area contributed by atoms with Crippen LogP contribution in [0.15, 0.2) is 36.5 Å². The van der Waals surface area contributed by atoms with Crippen molar-refractivity contribution in [1.29, 1.82) is 0 Å². The fourth-order valence-corrected chi connectivity index (χ4v) is 2.45. The van der Waals surface area contributed by atoms with Crippen LogP contribution in [0.1, 0.15) is 23.2 Å². The van der Waals surface area contributed by atoms with Crippen LogP contribution in [-0.4, -0.2) is 41.6 Å². The predicted molar refractivity (Wildman–Crippen MR) is 93.7 cm³/mol. The molecule has 9 heteroatoms. The molecule has 2 aromatic rings. The molecule has 2 heterocycles. The van der Waals surface area contributed by atoms with E-state index < -0.39 is 12.0 Å². The van der Waals surface area contributed by atoms with E-state index >= 15 is 0 Å². The third-order valence-electron chi connectivity index (χ3n) is 3.74. The Morgan fingerprint density at radius 1 is 1.31 bits per heavy atom. The fraction of sp³-hybridized carbons (Fsp3) is 0.294. The van der Waals surface area contributed by atoms with Gasteiger partial charge in [-0.05, 0) is 31.0 Å². The van der Waals surface area contributed by atoms with Gasteiger partial charge in [0.25, 0.3) is 11.8 Å². The maximum Gasteiger partial charge on any atom is 0.269 e. The Hall–Kier alpha value is -3.20. The van der Waals surface area contributed by atoms with E-state index in [0.29, 0.717) is 30.2 Å². The SMILES string of the molecule is COc1ccnc(NNC(=O)c2cccc(NC(=O)C3CCCO3)c2)n1. The molecule has 1 unspecified atom stereocenters. The average Bonchev–Trinajstić information content (AvgIpc) is 3.21. The smallest absolute Gasteiger partial charge is 0.269 e. The molecule has 0 aliphatic carbocycles. The normalized spacial score (nSPS) is 16.0. The van der Waals surface area contributed by atoms with E-state index in [1.54, 1.807) is 30.3 Å². The molecule has 26 heavy (non-hydrogen) atoms. The van der Waals surface area contributed by atoms with Crippen molar-refractivity contribution < 1.29 is 19.1 Å². The first kappa shape index (κ1) is 17.6. The van der Waals surface area contributed by atoms with Crippen molar-refractivity contribution in [2.75, 3.05) is 24.5 Å². The molecular formula is C17H19N5O4. The van der Waals surface area contributed by atoms with Crippen molar-refractivity contribution in [2.45, 2.75) is 18.9 Å². The first-order valence-corrected chi connectivity index (χ1v) is 8.11. The largest absolute Gasteiger partial charge is 0.481 e. The maximum atomic E-state index is 12.3. The van der Waals surface area contributed by atoms with Crippen molar-refractivity contribution in [3.05, 3.63) is 42.1 Å². The Bertz CT molecular complexity index is 792. The number of carbonyl (C=O) groups is 2. The highest BCUT2D eigenvalue weighted by atomic mass is 16.5. The van der Waals surface area contributed by atoms with Crippen LogP contribution in [0.4, 0.5) is 11.6 Å². The van der Waals surface area contributed by atoms with Gasteiger partial charge in [0.15, 0.2) is 0 Å². The van der Waals surface area contributed by atoms with Gasteiger partial charge in [-0.3, -0.25) is 20.4 Å². The average molecular weight is 357 g/mol. The minimum atomic E-state index is -0.431. The molecule has 2 amide bonds. The number of anilines is 2. The summed E-state index contributed by atoms with van der Waals surface area (Å²) in [6.07, 6.45) is 2.65. The summed E-state index contributed by atoms with van der Waals surface area (Å²) in [6, 6.07) is 8.19. The first-order valence-electron chi connectivity index (χ1n) is 8.11. The van der Waals surface area contributed by atoms with Gasteiger partial charge in [0.1, 0.15) is 6.10 Å². The number of hydrogen-bond donors (Lipinski definition) is 3. The number of nitrogens with one attached hydrogen (secondary N) is 3. The lowest BCUT2D eigenvalue weighted by Gasteiger charge is -2.12. The number of rotatable bonds is 6. The van der Waals surface area contributed by atoms with Crippen LogP contribution in [-0.2, 0) is 9.53 Å². The Labute approximate surface area is 150 Å². The number of nitrogens with zero attached hydrogens (tertiary/aromatic N) is 2. The second kappa shape index (κ2) is 8.26. The molecule has 1 saturated heterocycles. The molecule has 1 aromatic carbocycles. The van der Waals surface area contributed by atoms with Crippen molar-refractivity contribution in [1.82, 2.24) is 15.4 Å². The van der Waals surface area contributed by atoms with Crippen LogP contribution < -0.4 is 20.9 Å². The summed E-state index contributed by atoms with van der Waals surface area (Å²) in [7, 11) is 1.49. The number of aromatic nitrogens is 2. The van der Waals surface area contributed by atoms with E-state index in [-0.39, 0.29) is 11.9 Å². The summed E-state index contributed by atoms with van der Waals surface area (Å²) in [5, 5.41) is 2.76. The molecule has 1 aliphatic heterocycles. The molecule has 9 nitrogen and oxygen atoms in total. The number of hydrazine groups is 1. The standard InChI is InChI=1S/C17H19N5O4/c1-25-14-7-8-18-17(20-14)22-21-15(23)11-4-2-5-12(10-11)19-16(24)13-6-3-9-26-13/h2,4-5,7-8,10,13H,3,6,9H2,1H3,(H,19,24)(H,21,23)(H,18,20,22). The van der Waals surface area contributed by atoms with Crippen molar-refractivity contribution in [3.63, 3.8) is 0 Å². The van der Waals surface area contributed by atoms with Gasteiger partial charge in [-0.2, -0.15) is 4.98 Å². The van der Waals surface area contributed by atoms with E-state index in [9.17, 15) is 9.59 Å². The third kappa shape index (κ3) is 4.45. The number of methoxy groups -OCH3 is 1. The highest BCUT2D eigenvalue weighted by Crippen LogP contribution is 2.16. The molecule has 136 valence electrons. The van der Waals surface area contributed by atoms with Gasteiger partial charge in [0, 0.05) is 30.1 Å². The molecule has 3 rings (SSSR count). The molecule has 3 N–H and O–H groups in total. The van der Waals surface area contributed by atoms with Gasteiger partial charge in [0.05, 0.1) is 7.11 Å². The van der Waals surface area contributed by atoms with Crippen LogP contribution in [0.5, 0.6) is 5.88 Å². The summed E-state index contributed by atoms with van der Waals surface area (Å²) in [4.78, 5) is 32.4. The van der Waals surface area contributed by atoms with Crippen LogP contribution in [0.25, 0.3) is 0 Å². The van der Waals surface area contributed by atoms with Gasteiger partial charge in [-0.25, -0.2) is 4.98 Å². The summed E-state index contributed by atoms with van der Waals surface area (Å²) < 4.78 is 10.3. The Kier molecular flexibility index (Phi) is 5.59. The lowest BCUT2D eigenvalue weighted by molar-refractivity contribution is -0.124. The third-order valence-corrected chi connectivity index (χ3v) is 3.74. The Balaban J connectivity index is 1.59. The quantitative estimate of drug-likeness (QED) is 0.669. The number of amides is 2. The summed E-state index contributed by atoms with van der Waals surface area (Å²) in [6.45, 7) is 0.596. The second-order valence-electron chi connectivity index (χ2n) is 5.57. The summed E-state index contributed by atoms with van der Waals surface area (Å²) in [5.41, 5.74) is 6.00. The van der Waals surface area contributed by atoms with E-state index in [1.807, 2.05) is 0 Å². The van der Waals surface area contributed by atoms with Crippen molar-refractivity contribution in [3.8, 4) is 5.88 Å². The minimum Gasteiger partial charge on any atom is -0.481 e. The fourth-order valence-electron chi connectivity index (χ4n) is 2.45. The van der Waals surface area contributed by atoms with Crippen LogP contribution in [0.2, 0.25) is 0 Å². The zero-order valence-corrected chi connectivity index (χ0v) is 14.2. The van der Waals surface area contributed by atoms with Crippen LogP contribution in [0, 0.1) is 0 Å². The molecule has 0 bridgehead atoms. The highest BCUT2D eigenvalue weighted by Gasteiger charge is 2.23. The summed E-state index contributed by atoms with van der Waals surface area (Å²) >= 11 is 0. The van der Waals surface area contributed by atoms with E-state index in [4.69, 9.17) is 9.47 Å². The minimum absolute atomic E-state index is 0.195. The van der Waals surface area contributed by atoms with Gasteiger partial charge >= 0.3 is 0 Å². The molecule has 0 spiro atoms. The van der Waals surface area contributed by atoms with Crippen molar-refractivity contribution >= 4 is 23.5 Å². The van der Waals surface area contributed by atoms with Gasteiger partial charge in [-0.1, -0.05) is 6.07 Å². The Morgan fingerprint density at radius 3 is 2.96 bits per heavy atom. The number of ether oxygens (including phenoxy) is 2. The van der Waals surface area contributed by atoms with Crippen LogP contribution in [0.3, 0.4) is 0 Å². The van der Waals surface area contributed by atoms with E-state index in [2.05, 4.69) is 26.1 Å². The van der Waals surface area contributed by atoms with Gasteiger partial charge in [-0.15, -0.1) is 0 Å². The molecule has 1 aliphatic rings. The van der Waals surface area contributed by atoms with Crippen molar-refractivity contribution in [2.24, 2.45) is 0 Å².